The molecule has 3 rings (SSSR count). The van der Waals surface area contributed by atoms with Gasteiger partial charge in [-0.1, -0.05) is 25.1 Å². The minimum atomic E-state index is 0.330. The molecule has 2 aliphatic heterocycles. The first-order valence-corrected chi connectivity index (χ1v) is 9.02. The standard InChI is InChI=1S/C19H29N3O/c1-17-6-5-10-20(16-17)11-9-19(23)22-14-12-21(13-15-22)18-7-3-2-4-8-18/h2-4,7-8,17H,5-6,9-16H2,1H3/t17-/m0/s1. The fourth-order valence-electron chi connectivity index (χ4n) is 3.75. The highest BCUT2D eigenvalue weighted by Crippen LogP contribution is 2.17. The molecule has 0 saturated carbocycles. The van der Waals surface area contributed by atoms with E-state index in [2.05, 4.69) is 41.0 Å². The summed E-state index contributed by atoms with van der Waals surface area (Å²) in [5, 5.41) is 0. The van der Waals surface area contributed by atoms with Gasteiger partial charge in [0.25, 0.3) is 0 Å². The highest BCUT2D eigenvalue weighted by molar-refractivity contribution is 5.76. The van der Waals surface area contributed by atoms with E-state index in [0.29, 0.717) is 12.3 Å². The fourth-order valence-corrected chi connectivity index (χ4v) is 3.75. The summed E-state index contributed by atoms with van der Waals surface area (Å²) < 4.78 is 0. The number of hydrogen-bond donors (Lipinski definition) is 0. The number of benzene rings is 1. The summed E-state index contributed by atoms with van der Waals surface area (Å²) in [5.74, 6) is 1.12. The second-order valence-electron chi connectivity index (χ2n) is 7.00. The molecule has 0 unspecified atom stereocenters. The zero-order valence-electron chi connectivity index (χ0n) is 14.3. The second kappa shape index (κ2) is 7.82. The lowest BCUT2D eigenvalue weighted by Gasteiger charge is -2.37. The summed E-state index contributed by atoms with van der Waals surface area (Å²) in [5.41, 5.74) is 1.27. The van der Waals surface area contributed by atoms with E-state index in [1.807, 2.05) is 11.0 Å². The zero-order chi connectivity index (χ0) is 16.1. The Kier molecular flexibility index (Phi) is 5.55. The van der Waals surface area contributed by atoms with Crippen molar-refractivity contribution in [2.45, 2.75) is 26.2 Å². The van der Waals surface area contributed by atoms with Crippen LogP contribution < -0.4 is 4.90 Å². The quantitative estimate of drug-likeness (QED) is 0.854. The normalized spacial score (nSPS) is 23.1. The van der Waals surface area contributed by atoms with Gasteiger partial charge in [-0.2, -0.15) is 0 Å². The molecule has 1 amide bonds. The van der Waals surface area contributed by atoms with Gasteiger partial charge in [0.2, 0.25) is 5.91 Å². The number of piperazine rings is 1. The van der Waals surface area contributed by atoms with Crippen molar-refractivity contribution in [3.63, 3.8) is 0 Å². The lowest BCUT2D eigenvalue weighted by molar-refractivity contribution is -0.131. The molecule has 0 aromatic heterocycles. The number of likely N-dealkylation sites (tertiary alicyclic amines) is 1. The number of carbonyl (C=O) groups excluding carboxylic acids is 1. The number of carbonyl (C=O) groups is 1. The molecule has 0 bridgehead atoms. The highest BCUT2D eigenvalue weighted by Gasteiger charge is 2.22. The minimum Gasteiger partial charge on any atom is -0.368 e. The highest BCUT2D eigenvalue weighted by atomic mass is 16.2. The molecule has 1 atom stereocenters. The molecule has 126 valence electrons. The third-order valence-electron chi connectivity index (χ3n) is 5.14. The predicted octanol–water partition coefficient (Wildman–Crippen LogP) is 2.46. The van der Waals surface area contributed by atoms with Crippen LogP contribution in [0.3, 0.4) is 0 Å². The van der Waals surface area contributed by atoms with Crippen LogP contribution in [0, 0.1) is 5.92 Å². The Hall–Kier alpha value is -1.55. The van der Waals surface area contributed by atoms with Crippen LogP contribution in [0.1, 0.15) is 26.2 Å². The number of piperidine rings is 1. The van der Waals surface area contributed by atoms with E-state index in [9.17, 15) is 4.79 Å². The first-order chi connectivity index (χ1) is 11.2. The van der Waals surface area contributed by atoms with Gasteiger partial charge in [0, 0.05) is 51.4 Å². The molecule has 1 aromatic carbocycles. The Morgan fingerprint density at radius 3 is 2.52 bits per heavy atom. The minimum absolute atomic E-state index is 0.330. The molecular weight excluding hydrogens is 286 g/mol. The van der Waals surface area contributed by atoms with Gasteiger partial charge in [-0.15, -0.1) is 0 Å². The van der Waals surface area contributed by atoms with E-state index in [1.54, 1.807) is 0 Å². The maximum Gasteiger partial charge on any atom is 0.223 e. The molecular formula is C19H29N3O. The number of hydrogen-bond acceptors (Lipinski definition) is 3. The predicted molar refractivity (Wildman–Crippen MR) is 94.7 cm³/mol. The molecule has 1 aromatic rings. The molecule has 23 heavy (non-hydrogen) atoms. The number of anilines is 1. The fraction of sp³-hybridized carbons (Fsp3) is 0.632. The smallest absolute Gasteiger partial charge is 0.223 e. The Bertz CT molecular complexity index is 497. The molecule has 2 aliphatic rings. The van der Waals surface area contributed by atoms with Gasteiger partial charge in [-0.05, 0) is 37.4 Å². The van der Waals surface area contributed by atoms with Crippen LogP contribution in [0.4, 0.5) is 5.69 Å². The van der Waals surface area contributed by atoms with E-state index in [0.717, 1.165) is 45.2 Å². The molecule has 2 heterocycles. The van der Waals surface area contributed by atoms with Gasteiger partial charge in [0.05, 0.1) is 0 Å². The van der Waals surface area contributed by atoms with Crippen molar-refractivity contribution < 1.29 is 4.79 Å². The molecule has 0 radical (unpaired) electrons. The second-order valence-corrected chi connectivity index (χ2v) is 7.00. The van der Waals surface area contributed by atoms with E-state index in [1.165, 1.54) is 25.1 Å². The molecule has 0 aliphatic carbocycles. The van der Waals surface area contributed by atoms with E-state index < -0.39 is 0 Å². The SMILES string of the molecule is C[C@H]1CCCN(CCC(=O)N2CCN(c3ccccc3)CC2)C1. The zero-order valence-corrected chi connectivity index (χ0v) is 14.3. The van der Waals surface area contributed by atoms with Crippen LogP contribution >= 0.6 is 0 Å². The Morgan fingerprint density at radius 1 is 1.09 bits per heavy atom. The van der Waals surface area contributed by atoms with Crippen molar-refractivity contribution in [1.29, 1.82) is 0 Å². The van der Waals surface area contributed by atoms with Gasteiger partial charge < -0.3 is 14.7 Å². The number of nitrogens with zero attached hydrogens (tertiary/aromatic N) is 3. The van der Waals surface area contributed by atoms with Crippen LogP contribution in [0.25, 0.3) is 0 Å². The average Bonchev–Trinajstić information content (AvgIpc) is 2.61. The molecule has 4 heteroatoms. The van der Waals surface area contributed by atoms with E-state index in [-0.39, 0.29) is 0 Å². The van der Waals surface area contributed by atoms with Crippen LogP contribution in [-0.2, 0) is 4.79 Å². The monoisotopic (exact) mass is 315 g/mol. The summed E-state index contributed by atoms with van der Waals surface area (Å²) in [7, 11) is 0. The summed E-state index contributed by atoms with van der Waals surface area (Å²) in [6.07, 6.45) is 3.30. The maximum atomic E-state index is 12.4. The van der Waals surface area contributed by atoms with Crippen molar-refractivity contribution in [3.05, 3.63) is 30.3 Å². The van der Waals surface area contributed by atoms with Gasteiger partial charge >= 0.3 is 0 Å². The number of para-hydroxylation sites is 1. The third kappa shape index (κ3) is 4.47. The van der Waals surface area contributed by atoms with Gasteiger partial charge in [-0.3, -0.25) is 4.79 Å². The van der Waals surface area contributed by atoms with Crippen LogP contribution in [-0.4, -0.2) is 61.5 Å². The van der Waals surface area contributed by atoms with Crippen molar-refractivity contribution >= 4 is 11.6 Å². The van der Waals surface area contributed by atoms with Crippen LogP contribution in [0.2, 0.25) is 0 Å². The van der Waals surface area contributed by atoms with Crippen molar-refractivity contribution in [3.8, 4) is 0 Å². The van der Waals surface area contributed by atoms with Gasteiger partial charge in [0.1, 0.15) is 0 Å². The Morgan fingerprint density at radius 2 is 1.83 bits per heavy atom. The van der Waals surface area contributed by atoms with Crippen LogP contribution in [0.15, 0.2) is 30.3 Å². The van der Waals surface area contributed by atoms with Crippen molar-refractivity contribution in [1.82, 2.24) is 9.80 Å². The molecule has 0 N–H and O–H groups in total. The first kappa shape index (κ1) is 16.3. The largest absolute Gasteiger partial charge is 0.368 e. The molecule has 0 spiro atoms. The van der Waals surface area contributed by atoms with Gasteiger partial charge in [-0.25, -0.2) is 0 Å². The van der Waals surface area contributed by atoms with Crippen LogP contribution in [0.5, 0.6) is 0 Å². The lowest BCUT2D eigenvalue weighted by Crippen LogP contribution is -2.49. The third-order valence-corrected chi connectivity index (χ3v) is 5.14. The van der Waals surface area contributed by atoms with E-state index in [4.69, 9.17) is 0 Å². The maximum absolute atomic E-state index is 12.4. The molecule has 2 saturated heterocycles. The Labute approximate surface area is 140 Å². The molecule has 4 nitrogen and oxygen atoms in total. The van der Waals surface area contributed by atoms with Crippen molar-refractivity contribution in [2.75, 3.05) is 50.7 Å². The summed E-state index contributed by atoms with van der Waals surface area (Å²) in [6.45, 7) is 9.16. The lowest BCUT2D eigenvalue weighted by atomic mass is 10.0. The average molecular weight is 315 g/mol. The summed E-state index contributed by atoms with van der Waals surface area (Å²) in [6, 6.07) is 10.5. The Balaban J connectivity index is 1.41. The summed E-state index contributed by atoms with van der Waals surface area (Å²) in [4.78, 5) is 19.3. The number of rotatable bonds is 4. The van der Waals surface area contributed by atoms with Crippen molar-refractivity contribution in [2.24, 2.45) is 5.92 Å². The molecule has 2 fully saturated rings. The summed E-state index contributed by atoms with van der Waals surface area (Å²) >= 11 is 0. The van der Waals surface area contributed by atoms with Gasteiger partial charge in [0.15, 0.2) is 0 Å². The number of amides is 1. The van der Waals surface area contributed by atoms with E-state index >= 15 is 0 Å². The topological polar surface area (TPSA) is 26.8 Å². The first-order valence-electron chi connectivity index (χ1n) is 9.02.